The Morgan fingerprint density at radius 3 is 2.06 bits per heavy atom. The summed E-state index contributed by atoms with van der Waals surface area (Å²) in [6, 6.07) is 12.5. The van der Waals surface area contributed by atoms with Crippen LogP contribution >= 0.6 is 11.6 Å². The van der Waals surface area contributed by atoms with E-state index in [1.807, 2.05) is 4.72 Å². The number of carbonyl (C=O) groups excluding carboxylic acids is 2. The van der Waals surface area contributed by atoms with Crippen LogP contribution in [0.25, 0.3) is 11.6 Å². The molecule has 0 spiro atoms. The zero-order chi connectivity index (χ0) is 56.0. The highest BCUT2D eigenvalue weighted by Crippen LogP contribution is 2.49. The quantitative estimate of drug-likeness (QED) is 0.0555. The lowest BCUT2D eigenvalue weighted by Gasteiger charge is -2.34. The second-order valence-corrected chi connectivity index (χ2v) is 27.5. The number of anilines is 1. The molecule has 2 atom stereocenters. The summed E-state index contributed by atoms with van der Waals surface area (Å²) in [5.41, 5.74) is 0.917. The monoisotopic (exact) mass is 1140 g/mol. The van der Waals surface area contributed by atoms with Gasteiger partial charge in [0, 0.05) is 67.6 Å². The average molecular weight is 1140 g/mol. The lowest BCUT2D eigenvalue weighted by molar-refractivity contribution is 0.0972. The van der Waals surface area contributed by atoms with Crippen molar-refractivity contribution < 1.29 is 35.9 Å². The maximum atomic E-state index is 13.4. The molecule has 79 heavy (non-hydrogen) atoms. The van der Waals surface area contributed by atoms with Crippen molar-refractivity contribution in [1.29, 1.82) is 0 Å². The van der Waals surface area contributed by atoms with Crippen molar-refractivity contribution in [1.82, 2.24) is 63.9 Å². The van der Waals surface area contributed by atoms with Crippen molar-refractivity contribution in [3.63, 3.8) is 0 Å². The molecule has 2 saturated carbocycles. The Labute approximate surface area is 466 Å². The Bertz CT molecular complexity index is 3430. The molecule has 3 aliphatic heterocycles. The van der Waals surface area contributed by atoms with Crippen LogP contribution in [0.15, 0.2) is 83.4 Å². The maximum Gasteiger partial charge on any atom is 0.283 e. The van der Waals surface area contributed by atoms with Crippen molar-refractivity contribution in [3.05, 3.63) is 89.6 Å². The third kappa shape index (κ3) is 13.6. The van der Waals surface area contributed by atoms with Crippen molar-refractivity contribution in [2.24, 2.45) is 22.7 Å². The highest BCUT2D eigenvalue weighted by atomic mass is 35.5. The van der Waals surface area contributed by atoms with Gasteiger partial charge in [0.25, 0.3) is 31.9 Å². The number of hydrogen-bond donors (Lipinski definition) is 3. The van der Waals surface area contributed by atoms with E-state index in [-0.39, 0.29) is 37.4 Å². The molecule has 424 valence electrons. The molecule has 9 heterocycles. The van der Waals surface area contributed by atoms with Gasteiger partial charge in [-0.2, -0.15) is 27.0 Å². The van der Waals surface area contributed by atoms with E-state index < -0.39 is 31.9 Å². The molecular weight excluding hydrogens is 1070 g/mol. The molecular formula is C54H71ClN14O8S2. The first-order valence-electron chi connectivity index (χ1n) is 27.2. The highest BCUT2D eigenvalue weighted by molar-refractivity contribution is 7.90. The minimum atomic E-state index is -4.20. The van der Waals surface area contributed by atoms with Crippen LogP contribution in [0.2, 0.25) is 5.15 Å². The predicted molar refractivity (Wildman–Crippen MR) is 295 cm³/mol. The van der Waals surface area contributed by atoms with Crippen LogP contribution in [-0.4, -0.2) is 115 Å². The minimum Gasteiger partial charge on any atom is -0.477 e. The third-order valence-corrected chi connectivity index (χ3v) is 18.7. The molecule has 4 bridgehead atoms. The van der Waals surface area contributed by atoms with Gasteiger partial charge in [-0.3, -0.25) is 19.0 Å². The summed E-state index contributed by atoms with van der Waals surface area (Å²) in [6.45, 7) is 17.2. The van der Waals surface area contributed by atoms with Crippen LogP contribution in [0.4, 0.5) is 5.82 Å². The van der Waals surface area contributed by atoms with Crippen LogP contribution in [-0.2, 0) is 33.1 Å². The Kier molecular flexibility index (Phi) is 15.5. The van der Waals surface area contributed by atoms with E-state index in [2.05, 4.69) is 81.9 Å². The fourth-order valence-electron chi connectivity index (χ4n) is 10.7. The van der Waals surface area contributed by atoms with Gasteiger partial charge in [-0.15, -0.1) is 10.2 Å². The Morgan fingerprint density at radius 1 is 0.797 bits per heavy atom. The van der Waals surface area contributed by atoms with E-state index in [0.29, 0.717) is 84.7 Å². The van der Waals surface area contributed by atoms with Gasteiger partial charge in [-0.05, 0) is 170 Å². The second kappa shape index (κ2) is 21.9. The zero-order valence-corrected chi connectivity index (χ0v) is 48.1. The largest absolute Gasteiger partial charge is 0.477 e. The molecule has 5 aliphatic rings. The van der Waals surface area contributed by atoms with Gasteiger partial charge in [0.1, 0.15) is 11.0 Å². The van der Waals surface area contributed by atoms with E-state index in [4.69, 9.17) is 26.1 Å². The van der Waals surface area contributed by atoms with Crippen LogP contribution in [0.1, 0.15) is 139 Å². The van der Waals surface area contributed by atoms with Crippen LogP contribution in [0, 0.1) is 22.7 Å². The summed E-state index contributed by atoms with van der Waals surface area (Å²) < 4.78 is 73.7. The number of aryl methyl sites for hydroxylation is 2. The number of halogens is 1. The first kappa shape index (κ1) is 55.9. The van der Waals surface area contributed by atoms with Crippen molar-refractivity contribution in [2.75, 3.05) is 31.2 Å². The molecule has 3 N–H and O–H groups in total. The van der Waals surface area contributed by atoms with E-state index in [1.165, 1.54) is 54.6 Å². The van der Waals surface area contributed by atoms with Gasteiger partial charge >= 0.3 is 0 Å². The lowest BCUT2D eigenvalue weighted by atomic mass is 9.94. The normalized spacial score (nSPS) is 21.1. The fourth-order valence-corrected chi connectivity index (χ4v) is 12.8. The van der Waals surface area contributed by atoms with Crippen molar-refractivity contribution in [2.45, 2.75) is 153 Å². The Hall–Kier alpha value is -6.37. The topological polar surface area (TPSA) is 257 Å². The number of pyridine rings is 2. The SMILES string of the molecule is CC1(CCCOc2ccn(-c3ccc(C(=O)NS(=O)(=O)c4ccn(CCC5CNC(C)(C)C5)n4)c(Cl)n3)n2)CC1.CC1(CCCOc2ccn(-c3ccc4c(n3)N3CC(CCn5ccc(n5)S(=O)(=O)NC4=O)CC3(C)C)n2)CC1. The number of rotatable bonds is 18. The number of amides is 2. The number of aromatic nitrogens is 10. The summed E-state index contributed by atoms with van der Waals surface area (Å²) in [5, 5.41) is 20.2. The molecule has 6 aromatic heterocycles. The van der Waals surface area contributed by atoms with Gasteiger partial charge in [-0.25, -0.2) is 28.8 Å². The number of nitrogens with one attached hydrogen (secondary N) is 3. The molecule has 22 nitrogen and oxygen atoms in total. The van der Waals surface area contributed by atoms with E-state index in [0.717, 1.165) is 57.9 Å². The van der Waals surface area contributed by atoms with E-state index in [9.17, 15) is 26.4 Å². The summed E-state index contributed by atoms with van der Waals surface area (Å²) >= 11 is 6.27. The van der Waals surface area contributed by atoms with Gasteiger partial charge in [0.15, 0.2) is 21.7 Å². The van der Waals surface area contributed by atoms with Gasteiger partial charge in [-0.1, -0.05) is 25.4 Å². The number of hydrogen-bond acceptors (Lipinski definition) is 16. The predicted octanol–water partition coefficient (Wildman–Crippen LogP) is 7.52. The number of ether oxygens (including phenoxy) is 2. The maximum absolute atomic E-state index is 13.4. The molecule has 25 heteroatoms. The summed E-state index contributed by atoms with van der Waals surface area (Å²) in [6.07, 6.45) is 19.8. The number of carbonyl (C=O) groups is 2. The minimum absolute atomic E-state index is 0.0815. The first-order valence-corrected chi connectivity index (χ1v) is 30.6. The molecule has 0 aromatic carbocycles. The Balaban J connectivity index is 0.000000178. The zero-order valence-electron chi connectivity index (χ0n) is 45.7. The molecule has 11 rings (SSSR count). The Morgan fingerprint density at radius 2 is 1.44 bits per heavy atom. The second-order valence-electron chi connectivity index (χ2n) is 23.9. The standard InChI is InChI=1S/C27H36ClN7O4S.C27H35N7O4S/c1-26(2)17-19(18-29-26)7-13-34-14-9-23(32-34)40(37,38)33-25(36)20-5-6-21(30-24(20)28)35-15-8-22(31-35)39-16-4-10-27(3)11-12-27;1-26(2)17-19-7-13-32-14-9-23(30-32)39(36,37)31-25(35)20-5-6-21(28-24(20)33(26)18-19)34-15-8-22(29-34)38-16-4-10-27(3)11-12-27/h5-6,8-9,14-15,19,29H,4,7,10-13,16-18H2,1-3H3,(H,33,36);5-6,8-9,14-15,19H,4,7,10-13,16-18H2,1-3H3,(H,31,35). The molecule has 2 unspecified atom stereocenters. The molecule has 2 aliphatic carbocycles. The summed E-state index contributed by atoms with van der Waals surface area (Å²) in [7, 11) is -8.34. The average Bonchev–Trinajstić information content (AvgIpc) is 4.15. The van der Waals surface area contributed by atoms with Crippen LogP contribution in [0.5, 0.6) is 11.8 Å². The van der Waals surface area contributed by atoms with Gasteiger partial charge in [0.05, 0.1) is 24.3 Å². The number of sulfonamides is 2. The third-order valence-electron chi connectivity index (χ3n) is 16.0. The molecule has 0 radical (unpaired) electrons. The molecule has 2 saturated heterocycles. The number of nitrogens with zero attached hydrogens (tertiary/aromatic N) is 11. The molecule has 6 aromatic rings. The van der Waals surface area contributed by atoms with Crippen molar-refractivity contribution in [3.8, 4) is 23.4 Å². The lowest BCUT2D eigenvalue weighted by Crippen LogP contribution is -2.41. The molecule has 2 amide bonds. The van der Waals surface area contributed by atoms with Crippen LogP contribution < -0.4 is 29.1 Å². The fraction of sp³-hybridized carbons (Fsp3) is 0.556. The van der Waals surface area contributed by atoms with E-state index in [1.54, 1.807) is 63.1 Å². The molecule has 4 fully saturated rings. The number of fused-ring (bicyclic) bond motifs is 6. The van der Waals surface area contributed by atoms with Crippen LogP contribution in [0.3, 0.4) is 0 Å². The summed E-state index contributed by atoms with van der Waals surface area (Å²) in [4.78, 5) is 37.4. The smallest absolute Gasteiger partial charge is 0.283 e. The summed E-state index contributed by atoms with van der Waals surface area (Å²) in [5.74, 6) is 1.49. The first-order chi connectivity index (χ1) is 37.4. The highest BCUT2D eigenvalue weighted by Gasteiger charge is 2.42. The van der Waals surface area contributed by atoms with Gasteiger partial charge < -0.3 is 19.7 Å². The van der Waals surface area contributed by atoms with Gasteiger partial charge in [0.2, 0.25) is 11.8 Å². The van der Waals surface area contributed by atoms with E-state index >= 15 is 0 Å². The van der Waals surface area contributed by atoms with Crippen molar-refractivity contribution >= 4 is 49.3 Å².